The number of carbonyl (C=O) groups is 2. The van der Waals surface area contributed by atoms with E-state index in [1.54, 1.807) is 54.6 Å². The highest BCUT2D eigenvalue weighted by Crippen LogP contribution is 2.48. The SMILES string of the molecule is CC(OP(=O)(O)C(Cc1ccccc1)NC(=O)OCc1ccccc1)C(=O)O. The molecule has 0 heterocycles. The first kappa shape index (κ1) is 21.6. The Morgan fingerprint density at radius 3 is 2.11 bits per heavy atom. The fraction of sp³-hybridized carbons (Fsp3) is 0.263. The molecule has 2 rings (SSSR count). The average molecular weight is 407 g/mol. The summed E-state index contributed by atoms with van der Waals surface area (Å²) in [4.78, 5) is 33.4. The predicted molar refractivity (Wildman–Crippen MR) is 102 cm³/mol. The predicted octanol–water partition coefficient (Wildman–Crippen LogP) is 3.16. The van der Waals surface area contributed by atoms with E-state index < -0.39 is 31.5 Å². The summed E-state index contributed by atoms with van der Waals surface area (Å²) >= 11 is 0. The van der Waals surface area contributed by atoms with E-state index >= 15 is 0 Å². The molecule has 28 heavy (non-hydrogen) atoms. The quantitative estimate of drug-likeness (QED) is 0.546. The molecular weight excluding hydrogens is 385 g/mol. The third kappa shape index (κ3) is 6.81. The van der Waals surface area contributed by atoms with Crippen molar-refractivity contribution in [1.82, 2.24) is 5.32 Å². The van der Waals surface area contributed by atoms with Gasteiger partial charge in [0.2, 0.25) is 0 Å². The van der Waals surface area contributed by atoms with Crippen molar-refractivity contribution in [2.75, 3.05) is 0 Å². The van der Waals surface area contributed by atoms with Gasteiger partial charge in [0, 0.05) is 6.42 Å². The van der Waals surface area contributed by atoms with Crippen molar-refractivity contribution >= 4 is 19.7 Å². The molecule has 0 aromatic heterocycles. The van der Waals surface area contributed by atoms with E-state index in [9.17, 15) is 19.0 Å². The molecule has 0 saturated carbocycles. The van der Waals surface area contributed by atoms with Gasteiger partial charge in [-0.3, -0.25) is 9.09 Å². The van der Waals surface area contributed by atoms with Crippen LogP contribution in [0.4, 0.5) is 4.79 Å². The lowest BCUT2D eigenvalue weighted by atomic mass is 10.1. The van der Waals surface area contributed by atoms with Gasteiger partial charge in [0.1, 0.15) is 12.4 Å². The zero-order valence-electron chi connectivity index (χ0n) is 15.2. The lowest BCUT2D eigenvalue weighted by molar-refractivity contribution is -0.144. The molecule has 0 fully saturated rings. The molecular formula is C19H22NO7P. The van der Waals surface area contributed by atoms with Crippen LogP contribution < -0.4 is 5.32 Å². The molecule has 0 spiro atoms. The van der Waals surface area contributed by atoms with Crippen molar-refractivity contribution in [2.45, 2.75) is 31.8 Å². The number of nitrogens with one attached hydrogen (secondary N) is 1. The van der Waals surface area contributed by atoms with Gasteiger partial charge >= 0.3 is 19.7 Å². The number of amides is 1. The molecule has 9 heteroatoms. The molecule has 0 saturated heterocycles. The van der Waals surface area contributed by atoms with Crippen LogP contribution in [0.3, 0.4) is 0 Å². The van der Waals surface area contributed by atoms with Crippen LogP contribution in [0.25, 0.3) is 0 Å². The van der Waals surface area contributed by atoms with Crippen LogP contribution in [-0.2, 0) is 31.6 Å². The van der Waals surface area contributed by atoms with E-state index in [1.165, 1.54) is 0 Å². The lowest BCUT2D eigenvalue weighted by Crippen LogP contribution is -2.38. The standard InChI is InChI=1S/C19H22NO7P/c1-14(18(21)22)27-28(24,25)17(12-15-8-4-2-5-9-15)20-19(23)26-13-16-10-6-3-7-11-16/h2-11,14,17H,12-13H2,1H3,(H,20,23)(H,21,22)(H,24,25). The van der Waals surface area contributed by atoms with Crippen LogP contribution in [-0.4, -0.2) is 33.9 Å². The van der Waals surface area contributed by atoms with Crippen LogP contribution in [0, 0.1) is 0 Å². The summed E-state index contributed by atoms with van der Waals surface area (Å²) in [5, 5.41) is 11.3. The molecule has 0 aliphatic carbocycles. The summed E-state index contributed by atoms with van der Waals surface area (Å²) < 4.78 is 22.6. The van der Waals surface area contributed by atoms with Crippen molar-refractivity contribution < 1.29 is 33.4 Å². The Labute approximate surface area is 162 Å². The first-order valence-corrected chi connectivity index (χ1v) is 10.2. The number of ether oxygens (including phenoxy) is 1. The molecule has 2 aromatic carbocycles. The van der Waals surface area contributed by atoms with E-state index in [4.69, 9.17) is 14.4 Å². The van der Waals surface area contributed by atoms with E-state index in [0.717, 1.165) is 12.5 Å². The Morgan fingerprint density at radius 1 is 1.04 bits per heavy atom. The van der Waals surface area contributed by atoms with Crippen LogP contribution in [0.15, 0.2) is 60.7 Å². The fourth-order valence-electron chi connectivity index (χ4n) is 2.33. The highest BCUT2D eigenvalue weighted by molar-refractivity contribution is 7.53. The zero-order valence-corrected chi connectivity index (χ0v) is 16.1. The van der Waals surface area contributed by atoms with Crippen molar-refractivity contribution in [2.24, 2.45) is 0 Å². The van der Waals surface area contributed by atoms with E-state index in [0.29, 0.717) is 5.56 Å². The Morgan fingerprint density at radius 2 is 1.57 bits per heavy atom. The maximum atomic E-state index is 12.6. The number of carboxylic acid groups (broad SMARTS) is 1. The molecule has 2 aromatic rings. The highest BCUT2D eigenvalue weighted by Gasteiger charge is 2.37. The maximum Gasteiger partial charge on any atom is 0.408 e. The molecule has 1 amide bonds. The van der Waals surface area contributed by atoms with Crippen molar-refractivity contribution in [1.29, 1.82) is 0 Å². The molecule has 150 valence electrons. The van der Waals surface area contributed by atoms with Gasteiger partial charge < -0.3 is 20.1 Å². The first-order valence-electron chi connectivity index (χ1n) is 8.53. The lowest BCUT2D eigenvalue weighted by Gasteiger charge is -2.25. The van der Waals surface area contributed by atoms with Gasteiger partial charge in [0.15, 0.2) is 6.10 Å². The van der Waals surface area contributed by atoms with Crippen molar-refractivity contribution in [3.8, 4) is 0 Å². The minimum Gasteiger partial charge on any atom is -0.479 e. The number of hydrogen-bond acceptors (Lipinski definition) is 5. The first-order chi connectivity index (χ1) is 13.3. The summed E-state index contributed by atoms with van der Waals surface area (Å²) in [5.74, 6) is -2.76. The molecule has 0 radical (unpaired) electrons. The molecule has 3 N–H and O–H groups in total. The summed E-state index contributed by atoms with van der Waals surface area (Å²) in [6, 6.07) is 17.6. The van der Waals surface area contributed by atoms with E-state index in [1.807, 2.05) is 6.07 Å². The minimum atomic E-state index is -4.52. The van der Waals surface area contributed by atoms with Gasteiger partial charge in [0.05, 0.1) is 0 Å². The second-order valence-electron chi connectivity index (χ2n) is 6.06. The van der Waals surface area contributed by atoms with Crippen LogP contribution >= 0.6 is 7.60 Å². The highest BCUT2D eigenvalue weighted by atomic mass is 31.2. The minimum absolute atomic E-state index is 0.0210. The normalized spacial score (nSPS) is 15.1. The third-order valence-electron chi connectivity index (χ3n) is 3.82. The Kier molecular flexibility index (Phi) is 7.75. The maximum absolute atomic E-state index is 12.6. The molecule has 0 aliphatic rings. The molecule has 0 aliphatic heterocycles. The number of carboxylic acids is 1. The number of rotatable bonds is 9. The summed E-state index contributed by atoms with van der Waals surface area (Å²) in [6.07, 6.45) is -2.47. The van der Waals surface area contributed by atoms with Crippen LogP contribution in [0.2, 0.25) is 0 Å². The number of benzene rings is 2. The summed E-state index contributed by atoms with van der Waals surface area (Å²) in [7, 11) is -4.52. The largest absolute Gasteiger partial charge is 0.479 e. The molecule has 8 nitrogen and oxygen atoms in total. The zero-order chi connectivity index (χ0) is 20.6. The van der Waals surface area contributed by atoms with Gasteiger partial charge in [-0.1, -0.05) is 60.7 Å². The Bertz CT molecular complexity index is 829. The van der Waals surface area contributed by atoms with Crippen molar-refractivity contribution in [3.63, 3.8) is 0 Å². The average Bonchev–Trinajstić information content (AvgIpc) is 2.67. The molecule has 3 atom stereocenters. The van der Waals surface area contributed by atoms with Crippen LogP contribution in [0.1, 0.15) is 18.1 Å². The summed E-state index contributed by atoms with van der Waals surface area (Å²) in [5.41, 5.74) is 1.41. The Balaban J connectivity index is 2.09. The Hall–Kier alpha value is -2.67. The molecule has 3 unspecified atom stereocenters. The number of aliphatic carboxylic acids is 1. The smallest absolute Gasteiger partial charge is 0.408 e. The number of carbonyl (C=O) groups excluding carboxylic acids is 1. The van der Waals surface area contributed by atoms with Gasteiger partial charge in [0.25, 0.3) is 0 Å². The van der Waals surface area contributed by atoms with Crippen molar-refractivity contribution in [3.05, 3.63) is 71.8 Å². The van der Waals surface area contributed by atoms with E-state index in [2.05, 4.69) is 5.32 Å². The number of alkyl carbamates (subject to hydrolysis) is 1. The summed E-state index contributed by atoms with van der Waals surface area (Å²) in [6.45, 7) is 1.12. The third-order valence-corrected chi connectivity index (χ3v) is 5.54. The monoisotopic (exact) mass is 407 g/mol. The topological polar surface area (TPSA) is 122 Å². The van der Waals surface area contributed by atoms with E-state index in [-0.39, 0.29) is 13.0 Å². The second kappa shape index (κ2) is 10.0. The van der Waals surface area contributed by atoms with Crippen LogP contribution in [0.5, 0.6) is 0 Å². The second-order valence-corrected chi connectivity index (χ2v) is 8.02. The van der Waals surface area contributed by atoms with Gasteiger partial charge in [-0.2, -0.15) is 0 Å². The number of hydrogen-bond donors (Lipinski definition) is 3. The fourth-order valence-corrected chi connectivity index (χ4v) is 3.73. The van der Waals surface area contributed by atoms with Gasteiger partial charge in [-0.05, 0) is 18.1 Å². The van der Waals surface area contributed by atoms with Gasteiger partial charge in [-0.25, -0.2) is 9.59 Å². The molecule has 0 bridgehead atoms. The van der Waals surface area contributed by atoms with Gasteiger partial charge in [-0.15, -0.1) is 0 Å².